The summed E-state index contributed by atoms with van der Waals surface area (Å²) < 4.78 is 0. The molecule has 2 N–H and O–H groups in total. The van der Waals surface area contributed by atoms with Gasteiger partial charge >= 0.3 is 0 Å². The topological polar surface area (TPSA) is 44.9 Å². The first-order valence-corrected chi connectivity index (χ1v) is 6.97. The molecule has 0 saturated carbocycles. The van der Waals surface area contributed by atoms with E-state index in [9.17, 15) is 0 Å². The van der Waals surface area contributed by atoms with Gasteiger partial charge in [-0.2, -0.15) is 0 Å². The van der Waals surface area contributed by atoms with Gasteiger partial charge in [0.1, 0.15) is 5.84 Å². The van der Waals surface area contributed by atoms with Crippen molar-refractivity contribution in [1.82, 2.24) is 9.80 Å². The molecule has 1 heterocycles. The van der Waals surface area contributed by atoms with Crippen molar-refractivity contribution in [3.63, 3.8) is 0 Å². The Kier molecular flexibility index (Phi) is 13.3. The fraction of sp³-hybridized carbons (Fsp3) is 0.786. The molecule has 0 radical (unpaired) electrons. The van der Waals surface area contributed by atoms with E-state index in [1.54, 1.807) is 0 Å². The van der Waals surface area contributed by atoms with Crippen molar-refractivity contribution in [1.29, 1.82) is 0 Å². The third-order valence-electron chi connectivity index (χ3n) is 2.41. The van der Waals surface area contributed by atoms with E-state index in [0.29, 0.717) is 0 Å². The van der Waals surface area contributed by atoms with Gasteiger partial charge in [-0.1, -0.05) is 27.7 Å². The van der Waals surface area contributed by atoms with Crippen LogP contribution in [0.2, 0.25) is 0 Å². The molecule has 4 nitrogen and oxygen atoms in total. The van der Waals surface area contributed by atoms with Gasteiger partial charge in [-0.05, 0) is 20.0 Å². The lowest BCUT2D eigenvalue weighted by Crippen LogP contribution is -2.46. The lowest BCUT2D eigenvalue weighted by molar-refractivity contribution is 0.216. The molecule has 0 unspecified atom stereocenters. The zero-order valence-corrected chi connectivity index (χ0v) is 13.3. The summed E-state index contributed by atoms with van der Waals surface area (Å²) in [5.74, 6) is 0.998. The largest absolute Gasteiger partial charge is 0.402 e. The van der Waals surface area contributed by atoms with E-state index >= 15 is 0 Å². The highest BCUT2D eigenvalue weighted by Crippen LogP contribution is 2.02. The van der Waals surface area contributed by atoms with E-state index in [-0.39, 0.29) is 0 Å². The third kappa shape index (κ3) is 8.12. The van der Waals surface area contributed by atoms with Crippen LogP contribution < -0.4 is 5.73 Å². The number of allylic oxidation sites excluding steroid dienone is 1. The fourth-order valence-corrected chi connectivity index (χ4v) is 1.54. The molecule has 0 aliphatic carbocycles. The predicted octanol–water partition coefficient (Wildman–Crippen LogP) is 2.18. The zero-order valence-electron chi connectivity index (χ0n) is 13.3. The summed E-state index contributed by atoms with van der Waals surface area (Å²) >= 11 is 0. The highest BCUT2D eigenvalue weighted by molar-refractivity contribution is 5.93. The van der Waals surface area contributed by atoms with Gasteiger partial charge in [0.2, 0.25) is 0 Å². The lowest BCUT2D eigenvalue weighted by atomic mass is 10.3. The summed E-state index contributed by atoms with van der Waals surface area (Å²) in [4.78, 5) is 8.84. The van der Waals surface area contributed by atoms with Crippen molar-refractivity contribution in [3.05, 3.63) is 11.8 Å². The quantitative estimate of drug-likeness (QED) is 0.578. The maximum absolute atomic E-state index is 5.65. The normalized spacial score (nSPS) is 17.4. The van der Waals surface area contributed by atoms with Crippen LogP contribution in [0.25, 0.3) is 0 Å². The molecule has 1 rings (SSSR count). The summed E-state index contributed by atoms with van der Waals surface area (Å²) in [6, 6.07) is 0. The number of hydrogen-bond acceptors (Lipinski definition) is 3. The van der Waals surface area contributed by atoms with E-state index in [2.05, 4.69) is 21.8 Å². The van der Waals surface area contributed by atoms with Crippen molar-refractivity contribution in [2.45, 2.75) is 34.6 Å². The molecule has 1 fully saturated rings. The number of likely N-dealkylation sites (N-methyl/N-ethyl adjacent to an activating group) is 1. The van der Waals surface area contributed by atoms with E-state index in [1.165, 1.54) is 0 Å². The summed E-state index contributed by atoms with van der Waals surface area (Å²) in [6.45, 7) is 14.1. The molecule has 0 aromatic rings. The monoisotopic (exact) mass is 256 g/mol. The molecule has 1 aliphatic heterocycles. The maximum atomic E-state index is 5.65. The Bertz CT molecular complexity index is 234. The number of piperazine rings is 1. The van der Waals surface area contributed by atoms with Gasteiger partial charge in [-0.25, -0.2) is 0 Å². The van der Waals surface area contributed by atoms with Crippen LogP contribution in [-0.2, 0) is 0 Å². The number of nitrogens with two attached hydrogens (primary N) is 1. The molecule has 1 aliphatic rings. The van der Waals surface area contributed by atoms with Crippen LogP contribution >= 0.6 is 0 Å². The first-order chi connectivity index (χ1) is 8.63. The van der Waals surface area contributed by atoms with Gasteiger partial charge in [0.25, 0.3) is 0 Å². The molecule has 4 heteroatoms. The Hall–Kier alpha value is -1.03. The second kappa shape index (κ2) is 12.4. The molecule has 108 valence electrons. The molecule has 1 saturated heterocycles. The Morgan fingerprint density at radius 1 is 1.06 bits per heavy atom. The number of rotatable bonds is 1. The van der Waals surface area contributed by atoms with Crippen LogP contribution in [0.4, 0.5) is 0 Å². The van der Waals surface area contributed by atoms with Gasteiger partial charge in [-0.3, -0.25) is 4.99 Å². The SMILES string of the molecule is CC.CC.CN=C(/C=C(\C)N)N1CCN(C)CC1. The molecule has 0 atom stereocenters. The minimum absolute atomic E-state index is 0.810. The van der Waals surface area contributed by atoms with Gasteiger partial charge < -0.3 is 15.5 Å². The van der Waals surface area contributed by atoms with Crippen LogP contribution in [-0.4, -0.2) is 55.9 Å². The Labute approximate surface area is 114 Å². The summed E-state index contributed by atoms with van der Waals surface area (Å²) in [5.41, 5.74) is 6.46. The first kappa shape index (κ1) is 19.3. The third-order valence-corrected chi connectivity index (χ3v) is 2.41. The summed E-state index contributed by atoms with van der Waals surface area (Å²) in [5, 5.41) is 0. The fourth-order valence-electron chi connectivity index (χ4n) is 1.54. The van der Waals surface area contributed by atoms with Crippen LogP contribution in [0.1, 0.15) is 34.6 Å². The second-order valence-electron chi connectivity index (χ2n) is 3.76. The van der Waals surface area contributed by atoms with E-state index in [1.807, 2.05) is 47.7 Å². The number of hydrogen-bond donors (Lipinski definition) is 1. The van der Waals surface area contributed by atoms with Gasteiger partial charge in [0.05, 0.1) is 0 Å². The molecule has 0 aromatic heterocycles. The smallest absolute Gasteiger partial charge is 0.124 e. The number of amidine groups is 1. The van der Waals surface area contributed by atoms with Gasteiger partial charge in [0, 0.05) is 38.9 Å². The first-order valence-electron chi connectivity index (χ1n) is 6.97. The summed E-state index contributed by atoms with van der Waals surface area (Å²) in [7, 11) is 3.96. The number of nitrogens with zero attached hydrogens (tertiary/aromatic N) is 3. The summed E-state index contributed by atoms with van der Waals surface area (Å²) in [6.07, 6.45) is 1.94. The molecule has 0 spiro atoms. The molecular formula is C14H32N4. The minimum Gasteiger partial charge on any atom is -0.402 e. The van der Waals surface area contributed by atoms with Crippen LogP contribution in [0.3, 0.4) is 0 Å². The standard InChI is InChI=1S/C10H20N4.2C2H6/c1-9(11)8-10(12-2)14-6-4-13(3)5-7-14;2*1-2/h8H,4-7,11H2,1-3H3;2*1-2H3/b9-8+,12-10?;;. The van der Waals surface area contributed by atoms with Crippen LogP contribution in [0.5, 0.6) is 0 Å². The Morgan fingerprint density at radius 3 is 1.83 bits per heavy atom. The van der Waals surface area contributed by atoms with Crippen molar-refractivity contribution in [3.8, 4) is 0 Å². The van der Waals surface area contributed by atoms with Gasteiger partial charge in [-0.15, -0.1) is 0 Å². The molecule has 18 heavy (non-hydrogen) atoms. The molecular weight excluding hydrogens is 224 g/mol. The maximum Gasteiger partial charge on any atom is 0.124 e. The van der Waals surface area contributed by atoms with Crippen LogP contribution in [0.15, 0.2) is 16.8 Å². The second-order valence-corrected chi connectivity index (χ2v) is 3.76. The van der Waals surface area contributed by atoms with E-state index in [4.69, 9.17) is 5.73 Å². The molecule has 0 bridgehead atoms. The van der Waals surface area contributed by atoms with Crippen LogP contribution in [0, 0.1) is 0 Å². The van der Waals surface area contributed by atoms with Crippen molar-refractivity contribution in [2.24, 2.45) is 10.7 Å². The minimum atomic E-state index is 0.810. The zero-order chi connectivity index (χ0) is 14.6. The predicted molar refractivity (Wildman–Crippen MR) is 83.1 cm³/mol. The highest BCUT2D eigenvalue weighted by Gasteiger charge is 2.15. The van der Waals surface area contributed by atoms with Crippen molar-refractivity contribution < 1.29 is 0 Å². The Balaban J connectivity index is 0. The highest BCUT2D eigenvalue weighted by atomic mass is 15.3. The molecule has 0 amide bonds. The van der Waals surface area contributed by atoms with E-state index < -0.39 is 0 Å². The molecule has 0 aromatic carbocycles. The number of aliphatic imine (C=N–C) groups is 1. The van der Waals surface area contributed by atoms with E-state index in [0.717, 1.165) is 37.7 Å². The average Bonchev–Trinajstić information content (AvgIpc) is 2.41. The van der Waals surface area contributed by atoms with Crippen molar-refractivity contribution >= 4 is 5.84 Å². The lowest BCUT2D eigenvalue weighted by Gasteiger charge is -2.33. The average molecular weight is 256 g/mol. The van der Waals surface area contributed by atoms with Gasteiger partial charge in [0.15, 0.2) is 0 Å². The Morgan fingerprint density at radius 2 is 1.50 bits per heavy atom. The van der Waals surface area contributed by atoms with Crippen molar-refractivity contribution in [2.75, 3.05) is 40.3 Å².